The molecule has 0 radical (unpaired) electrons. The molecule has 0 atom stereocenters. The highest BCUT2D eigenvalue weighted by atomic mass is 35.5. The summed E-state index contributed by atoms with van der Waals surface area (Å²) in [5, 5.41) is 4.07. The number of carbonyl (C=O) groups is 1. The standard InChI is InChI=1S/C15H21ClN2O2/c1-12-10-14(16)3-2-13(12)11-17-5-4-15(19)18-6-8-20-9-7-18/h2-3,10,17H,4-9,11H2,1H3. The molecule has 2 rings (SSSR count). The van der Waals surface area contributed by atoms with E-state index in [4.69, 9.17) is 16.3 Å². The fourth-order valence-electron chi connectivity index (χ4n) is 2.25. The van der Waals surface area contributed by atoms with Gasteiger partial charge < -0.3 is 15.0 Å². The third-order valence-corrected chi connectivity index (χ3v) is 3.73. The molecule has 0 saturated carbocycles. The predicted molar refractivity (Wildman–Crippen MR) is 79.9 cm³/mol. The number of rotatable bonds is 5. The molecule has 20 heavy (non-hydrogen) atoms. The van der Waals surface area contributed by atoms with Crippen LogP contribution in [-0.4, -0.2) is 43.7 Å². The number of nitrogens with one attached hydrogen (secondary N) is 1. The number of nitrogens with zero attached hydrogens (tertiary/aromatic N) is 1. The first-order valence-electron chi connectivity index (χ1n) is 6.98. The van der Waals surface area contributed by atoms with Crippen LogP contribution in [0.3, 0.4) is 0 Å². The molecule has 1 amide bonds. The van der Waals surface area contributed by atoms with E-state index < -0.39 is 0 Å². The minimum absolute atomic E-state index is 0.202. The van der Waals surface area contributed by atoms with Crippen molar-refractivity contribution in [1.29, 1.82) is 0 Å². The number of ether oxygens (including phenoxy) is 1. The Labute approximate surface area is 125 Å². The molecule has 1 saturated heterocycles. The van der Waals surface area contributed by atoms with E-state index in [9.17, 15) is 4.79 Å². The van der Waals surface area contributed by atoms with Crippen molar-refractivity contribution in [2.45, 2.75) is 19.9 Å². The van der Waals surface area contributed by atoms with Gasteiger partial charge in [-0.1, -0.05) is 17.7 Å². The number of benzene rings is 1. The zero-order valence-corrected chi connectivity index (χ0v) is 12.6. The Morgan fingerprint density at radius 3 is 2.85 bits per heavy atom. The largest absolute Gasteiger partial charge is 0.378 e. The highest BCUT2D eigenvalue weighted by Crippen LogP contribution is 2.14. The quantitative estimate of drug-likeness (QED) is 0.845. The van der Waals surface area contributed by atoms with Crippen molar-refractivity contribution in [3.05, 3.63) is 34.3 Å². The van der Waals surface area contributed by atoms with Gasteiger partial charge >= 0.3 is 0 Å². The summed E-state index contributed by atoms with van der Waals surface area (Å²) >= 11 is 5.93. The van der Waals surface area contributed by atoms with Crippen LogP contribution < -0.4 is 5.32 Å². The maximum absolute atomic E-state index is 11.9. The molecule has 0 aliphatic carbocycles. The topological polar surface area (TPSA) is 41.6 Å². The lowest BCUT2D eigenvalue weighted by Gasteiger charge is -2.26. The Kier molecular flexibility index (Phi) is 5.83. The van der Waals surface area contributed by atoms with Gasteiger partial charge in [0, 0.05) is 37.6 Å². The van der Waals surface area contributed by atoms with E-state index in [1.54, 1.807) is 0 Å². The van der Waals surface area contributed by atoms with E-state index in [0.29, 0.717) is 26.2 Å². The van der Waals surface area contributed by atoms with E-state index in [1.165, 1.54) is 11.1 Å². The Morgan fingerprint density at radius 2 is 2.15 bits per heavy atom. The molecule has 0 unspecified atom stereocenters. The van der Waals surface area contributed by atoms with Crippen molar-refractivity contribution >= 4 is 17.5 Å². The van der Waals surface area contributed by atoms with Gasteiger partial charge in [0.05, 0.1) is 13.2 Å². The lowest BCUT2D eigenvalue weighted by atomic mass is 10.1. The van der Waals surface area contributed by atoms with E-state index in [1.807, 2.05) is 30.0 Å². The van der Waals surface area contributed by atoms with Crippen LogP contribution in [0.15, 0.2) is 18.2 Å². The Hall–Kier alpha value is -1.10. The summed E-state index contributed by atoms with van der Waals surface area (Å²) in [4.78, 5) is 13.8. The summed E-state index contributed by atoms with van der Waals surface area (Å²) in [6.45, 7) is 6.25. The Bertz CT molecular complexity index is 459. The summed E-state index contributed by atoms with van der Waals surface area (Å²) in [7, 11) is 0. The van der Waals surface area contributed by atoms with Gasteiger partial charge in [-0.05, 0) is 30.2 Å². The molecule has 1 aliphatic heterocycles. The lowest BCUT2D eigenvalue weighted by molar-refractivity contribution is -0.135. The smallest absolute Gasteiger partial charge is 0.224 e. The molecule has 0 aromatic heterocycles. The molecule has 1 N–H and O–H groups in total. The number of hydrogen-bond donors (Lipinski definition) is 1. The van der Waals surface area contributed by atoms with E-state index >= 15 is 0 Å². The second kappa shape index (κ2) is 7.62. The summed E-state index contributed by atoms with van der Waals surface area (Å²) in [5.41, 5.74) is 2.39. The molecule has 1 heterocycles. The van der Waals surface area contributed by atoms with Gasteiger partial charge in [-0.15, -0.1) is 0 Å². The normalized spacial score (nSPS) is 15.4. The molecule has 1 aromatic carbocycles. The number of hydrogen-bond acceptors (Lipinski definition) is 3. The first kappa shape index (κ1) is 15.3. The zero-order chi connectivity index (χ0) is 14.4. The average Bonchev–Trinajstić information content (AvgIpc) is 2.46. The molecule has 0 bridgehead atoms. The van der Waals surface area contributed by atoms with Crippen molar-refractivity contribution < 1.29 is 9.53 Å². The van der Waals surface area contributed by atoms with Gasteiger partial charge in [0.2, 0.25) is 5.91 Å². The highest BCUT2D eigenvalue weighted by molar-refractivity contribution is 6.30. The van der Waals surface area contributed by atoms with Crippen molar-refractivity contribution in [2.75, 3.05) is 32.8 Å². The van der Waals surface area contributed by atoms with Crippen molar-refractivity contribution in [2.24, 2.45) is 0 Å². The number of amides is 1. The lowest BCUT2D eigenvalue weighted by Crippen LogP contribution is -2.41. The van der Waals surface area contributed by atoms with Crippen LogP contribution in [0.1, 0.15) is 17.5 Å². The third kappa shape index (κ3) is 4.47. The molecule has 4 nitrogen and oxygen atoms in total. The molecule has 110 valence electrons. The van der Waals surface area contributed by atoms with Crippen molar-refractivity contribution in [3.8, 4) is 0 Å². The maximum atomic E-state index is 11.9. The van der Waals surface area contributed by atoms with Crippen LogP contribution in [0.4, 0.5) is 0 Å². The molecular weight excluding hydrogens is 276 g/mol. The molecular formula is C15H21ClN2O2. The van der Waals surface area contributed by atoms with Crippen LogP contribution in [-0.2, 0) is 16.1 Å². The molecule has 1 fully saturated rings. The second-order valence-corrected chi connectivity index (χ2v) is 5.43. The number of morpholine rings is 1. The summed E-state index contributed by atoms with van der Waals surface area (Å²) < 4.78 is 5.24. The van der Waals surface area contributed by atoms with Gasteiger partial charge in [0.25, 0.3) is 0 Å². The number of aryl methyl sites for hydroxylation is 1. The van der Waals surface area contributed by atoms with Crippen molar-refractivity contribution in [1.82, 2.24) is 10.2 Å². The average molecular weight is 297 g/mol. The maximum Gasteiger partial charge on any atom is 0.224 e. The van der Waals surface area contributed by atoms with Gasteiger partial charge in [-0.25, -0.2) is 0 Å². The predicted octanol–water partition coefficient (Wildman–Crippen LogP) is 1.99. The van der Waals surface area contributed by atoms with Gasteiger partial charge in [-0.3, -0.25) is 4.79 Å². The summed E-state index contributed by atoms with van der Waals surface area (Å²) in [6.07, 6.45) is 0.534. The van der Waals surface area contributed by atoms with Gasteiger partial charge in [-0.2, -0.15) is 0 Å². The number of carbonyl (C=O) groups excluding carboxylic acids is 1. The third-order valence-electron chi connectivity index (χ3n) is 3.50. The monoisotopic (exact) mass is 296 g/mol. The molecule has 0 spiro atoms. The number of halogens is 1. The SMILES string of the molecule is Cc1cc(Cl)ccc1CNCCC(=O)N1CCOCC1. The Balaban J connectivity index is 1.69. The first-order chi connectivity index (χ1) is 9.66. The zero-order valence-electron chi connectivity index (χ0n) is 11.8. The van der Waals surface area contributed by atoms with Crippen LogP contribution >= 0.6 is 11.6 Å². The van der Waals surface area contributed by atoms with Crippen LogP contribution in [0, 0.1) is 6.92 Å². The molecule has 1 aliphatic rings. The summed E-state index contributed by atoms with van der Waals surface area (Å²) in [6, 6.07) is 5.87. The fraction of sp³-hybridized carbons (Fsp3) is 0.533. The molecule has 5 heteroatoms. The van der Waals surface area contributed by atoms with Crippen LogP contribution in [0.5, 0.6) is 0 Å². The fourth-order valence-corrected chi connectivity index (χ4v) is 2.47. The minimum Gasteiger partial charge on any atom is -0.378 e. The van der Waals surface area contributed by atoms with E-state index in [-0.39, 0.29) is 5.91 Å². The second-order valence-electron chi connectivity index (χ2n) is 4.99. The van der Waals surface area contributed by atoms with Gasteiger partial charge in [0.1, 0.15) is 0 Å². The van der Waals surface area contributed by atoms with E-state index in [0.717, 1.165) is 24.7 Å². The minimum atomic E-state index is 0.202. The van der Waals surface area contributed by atoms with Crippen LogP contribution in [0.2, 0.25) is 5.02 Å². The Morgan fingerprint density at radius 1 is 1.40 bits per heavy atom. The van der Waals surface area contributed by atoms with Crippen molar-refractivity contribution in [3.63, 3.8) is 0 Å². The summed E-state index contributed by atoms with van der Waals surface area (Å²) in [5.74, 6) is 0.202. The molecule has 1 aromatic rings. The van der Waals surface area contributed by atoms with Gasteiger partial charge in [0.15, 0.2) is 0 Å². The first-order valence-corrected chi connectivity index (χ1v) is 7.36. The van der Waals surface area contributed by atoms with E-state index in [2.05, 4.69) is 5.32 Å². The van der Waals surface area contributed by atoms with Crippen LogP contribution in [0.25, 0.3) is 0 Å². The highest BCUT2D eigenvalue weighted by Gasteiger charge is 2.15.